The molecular weight excluding hydrogens is 602 g/mol. The zero-order valence-corrected chi connectivity index (χ0v) is 27.4. The molecule has 0 unspecified atom stereocenters. The van der Waals surface area contributed by atoms with E-state index in [0.717, 1.165) is 44.2 Å². The molecule has 0 aliphatic heterocycles. The van der Waals surface area contributed by atoms with Gasteiger partial charge in [-0.25, -0.2) is 8.78 Å². The molecule has 0 fully saturated rings. The molecule has 12 heteroatoms. The molecule has 2 rings (SSSR count). The molecular formula is C33H48F2N4O5S. The summed E-state index contributed by atoms with van der Waals surface area (Å²) in [5.41, 5.74) is 0.403. The van der Waals surface area contributed by atoms with Crippen LogP contribution < -0.4 is 16.0 Å². The number of carbonyl (C=O) groups excluding carboxylic acids is 3. The highest BCUT2D eigenvalue weighted by molar-refractivity contribution is 7.99. The molecule has 5 atom stereocenters. The van der Waals surface area contributed by atoms with Gasteiger partial charge in [-0.3, -0.25) is 19.4 Å². The lowest BCUT2D eigenvalue weighted by Crippen LogP contribution is -2.59. The number of hydrogen-bond donors (Lipinski definition) is 5. The molecule has 0 aliphatic carbocycles. The van der Waals surface area contributed by atoms with Crippen molar-refractivity contribution in [1.82, 2.24) is 20.9 Å². The van der Waals surface area contributed by atoms with Crippen LogP contribution in [0.5, 0.6) is 0 Å². The first-order valence-corrected chi connectivity index (χ1v) is 16.7. The SMILES string of the molecule is CCCC[C@@H](NC(C)=O)[C@@H](O)[C@H](O)[C@H](Cc1cc(F)cc(F)c1)NC(=O)[C@@H](CSC(CCC)CCC)NC(=O)c1cccnc1. The van der Waals surface area contributed by atoms with Gasteiger partial charge in [0.25, 0.3) is 5.91 Å². The molecule has 0 spiro atoms. The Balaban J connectivity index is 2.41. The number of nitrogens with zero attached hydrogens (tertiary/aromatic N) is 1. The van der Waals surface area contributed by atoms with Gasteiger partial charge in [-0.2, -0.15) is 11.8 Å². The van der Waals surface area contributed by atoms with Crippen LogP contribution in [-0.4, -0.2) is 74.3 Å². The largest absolute Gasteiger partial charge is 0.388 e. The Morgan fingerprint density at radius 1 is 0.889 bits per heavy atom. The highest BCUT2D eigenvalue weighted by Crippen LogP contribution is 2.23. The Kier molecular flexibility index (Phi) is 17.0. The first-order valence-electron chi connectivity index (χ1n) is 15.7. The standard InChI is InChI=1S/C33H48F2N4O5S/c1-5-8-13-27(37-21(4)40)30(41)31(42)28(17-22-15-24(34)18-25(35)16-22)38-33(44)29(20-45-26(10-6-2)11-7-3)39-32(43)23-12-9-14-36-19-23/h9,12,14-16,18-19,26-31,41-42H,5-8,10-11,13,17,20H2,1-4H3,(H,37,40)(H,38,44)(H,39,43)/t27-,28+,29-,30-,31-/m1/s1. The first-order chi connectivity index (χ1) is 21.5. The number of pyridine rings is 1. The number of unbranched alkanes of at least 4 members (excludes halogenated alkanes) is 1. The van der Waals surface area contributed by atoms with Crippen LogP contribution >= 0.6 is 11.8 Å². The summed E-state index contributed by atoms with van der Waals surface area (Å²) < 4.78 is 28.2. The number of benzene rings is 1. The fourth-order valence-electron chi connectivity index (χ4n) is 5.12. The molecule has 5 N–H and O–H groups in total. The van der Waals surface area contributed by atoms with Crippen molar-refractivity contribution in [3.63, 3.8) is 0 Å². The number of aromatic nitrogens is 1. The number of halogens is 2. The highest BCUT2D eigenvalue weighted by Gasteiger charge is 2.35. The topological polar surface area (TPSA) is 141 Å². The molecule has 0 saturated heterocycles. The van der Waals surface area contributed by atoms with Crippen LogP contribution in [-0.2, 0) is 16.0 Å². The van der Waals surface area contributed by atoms with E-state index in [1.807, 2.05) is 6.92 Å². The van der Waals surface area contributed by atoms with Crippen LogP contribution in [0.25, 0.3) is 0 Å². The van der Waals surface area contributed by atoms with E-state index >= 15 is 0 Å². The van der Waals surface area contributed by atoms with Gasteiger partial charge in [0.1, 0.15) is 29.9 Å². The summed E-state index contributed by atoms with van der Waals surface area (Å²) in [4.78, 5) is 42.8. The smallest absolute Gasteiger partial charge is 0.253 e. The third kappa shape index (κ3) is 13.4. The van der Waals surface area contributed by atoms with Crippen LogP contribution in [0.4, 0.5) is 8.78 Å². The fourth-order valence-corrected chi connectivity index (χ4v) is 6.63. The number of nitrogens with one attached hydrogen (secondary N) is 3. The normalized spacial score (nSPS) is 14.7. The minimum atomic E-state index is -1.63. The molecule has 3 amide bonds. The number of carbonyl (C=O) groups is 3. The van der Waals surface area contributed by atoms with Gasteiger partial charge in [-0.1, -0.05) is 46.5 Å². The zero-order valence-electron chi connectivity index (χ0n) is 26.6. The minimum absolute atomic E-state index is 0.143. The van der Waals surface area contributed by atoms with Crippen molar-refractivity contribution in [1.29, 1.82) is 0 Å². The molecule has 0 bridgehead atoms. The maximum absolute atomic E-state index is 14.1. The molecule has 250 valence electrons. The van der Waals surface area contributed by atoms with Gasteiger partial charge in [-0.05, 0) is 55.5 Å². The number of rotatable bonds is 20. The summed E-state index contributed by atoms with van der Waals surface area (Å²) in [6.07, 6.45) is 5.10. The van der Waals surface area contributed by atoms with Gasteiger partial charge in [-0.15, -0.1) is 0 Å². The van der Waals surface area contributed by atoms with Crippen molar-refractivity contribution in [2.75, 3.05) is 5.75 Å². The van der Waals surface area contributed by atoms with Crippen molar-refractivity contribution in [2.24, 2.45) is 0 Å². The summed E-state index contributed by atoms with van der Waals surface area (Å²) in [7, 11) is 0. The Hall–Kier alpha value is -3.09. The number of aliphatic hydroxyl groups excluding tert-OH is 2. The molecule has 1 aromatic heterocycles. The maximum Gasteiger partial charge on any atom is 0.253 e. The second-order valence-electron chi connectivity index (χ2n) is 11.3. The Morgan fingerprint density at radius 3 is 2.09 bits per heavy atom. The average molecular weight is 651 g/mol. The minimum Gasteiger partial charge on any atom is -0.388 e. The predicted octanol–water partition coefficient (Wildman–Crippen LogP) is 4.30. The molecule has 2 aromatic rings. The van der Waals surface area contributed by atoms with Gasteiger partial charge >= 0.3 is 0 Å². The van der Waals surface area contributed by atoms with Gasteiger partial charge in [0, 0.05) is 36.4 Å². The monoisotopic (exact) mass is 650 g/mol. The third-order valence-electron chi connectivity index (χ3n) is 7.40. The maximum atomic E-state index is 14.1. The van der Waals surface area contributed by atoms with Crippen LogP contribution in [0.2, 0.25) is 0 Å². The van der Waals surface area contributed by atoms with E-state index in [0.29, 0.717) is 18.9 Å². The lowest BCUT2D eigenvalue weighted by atomic mass is 9.91. The highest BCUT2D eigenvalue weighted by atomic mass is 32.2. The average Bonchev–Trinajstić information content (AvgIpc) is 2.99. The summed E-state index contributed by atoms with van der Waals surface area (Å²) in [5.74, 6) is -2.99. The van der Waals surface area contributed by atoms with Gasteiger partial charge in [0.15, 0.2) is 0 Å². The molecule has 0 aliphatic rings. The number of hydrogen-bond acceptors (Lipinski definition) is 7. The van der Waals surface area contributed by atoms with Crippen molar-refractivity contribution in [2.45, 2.75) is 115 Å². The van der Waals surface area contributed by atoms with Crippen molar-refractivity contribution in [3.8, 4) is 0 Å². The van der Waals surface area contributed by atoms with E-state index in [1.165, 1.54) is 19.3 Å². The third-order valence-corrected chi connectivity index (χ3v) is 8.87. The fraction of sp³-hybridized carbons (Fsp3) is 0.576. The van der Waals surface area contributed by atoms with Crippen molar-refractivity contribution >= 4 is 29.5 Å². The Bertz CT molecular complexity index is 1180. The summed E-state index contributed by atoms with van der Waals surface area (Å²) in [6, 6.07) is 2.96. The molecule has 0 saturated carbocycles. The molecule has 9 nitrogen and oxygen atoms in total. The molecule has 1 aromatic carbocycles. The summed E-state index contributed by atoms with van der Waals surface area (Å²) in [6.45, 7) is 7.40. The van der Waals surface area contributed by atoms with Crippen LogP contribution in [0, 0.1) is 11.6 Å². The Labute approximate surface area is 269 Å². The number of amides is 3. The zero-order chi connectivity index (χ0) is 33.4. The number of thioether (sulfide) groups is 1. The van der Waals surface area contributed by atoms with Gasteiger partial charge in [0.2, 0.25) is 11.8 Å². The lowest BCUT2D eigenvalue weighted by Gasteiger charge is -2.33. The summed E-state index contributed by atoms with van der Waals surface area (Å²) >= 11 is 1.57. The molecule has 1 heterocycles. The van der Waals surface area contributed by atoms with Crippen LogP contribution in [0.15, 0.2) is 42.7 Å². The van der Waals surface area contributed by atoms with Crippen molar-refractivity contribution < 1.29 is 33.4 Å². The van der Waals surface area contributed by atoms with E-state index < -0.39 is 59.7 Å². The second kappa shape index (κ2) is 20.1. The quantitative estimate of drug-likeness (QED) is 0.144. The Morgan fingerprint density at radius 2 is 1.53 bits per heavy atom. The van der Waals surface area contributed by atoms with E-state index in [-0.39, 0.29) is 28.6 Å². The van der Waals surface area contributed by atoms with Gasteiger partial charge < -0.3 is 26.2 Å². The lowest BCUT2D eigenvalue weighted by molar-refractivity contribution is -0.126. The van der Waals surface area contributed by atoms with Gasteiger partial charge in [0.05, 0.1) is 17.6 Å². The van der Waals surface area contributed by atoms with E-state index in [2.05, 4.69) is 34.8 Å². The number of aliphatic hydroxyl groups is 2. The van der Waals surface area contributed by atoms with Crippen molar-refractivity contribution in [3.05, 3.63) is 65.5 Å². The van der Waals surface area contributed by atoms with E-state index in [4.69, 9.17) is 0 Å². The van der Waals surface area contributed by atoms with E-state index in [1.54, 1.807) is 23.9 Å². The van der Waals surface area contributed by atoms with Crippen LogP contribution in [0.3, 0.4) is 0 Å². The predicted molar refractivity (Wildman–Crippen MR) is 173 cm³/mol. The van der Waals surface area contributed by atoms with Crippen LogP contribution in [0.1, 0.15) is 88.6 Å². The van der Waals surface area contributed by atoms with E-state index in [9.17, 15) is 33.4 Å². The summed E-state index contributed by atoms with van der Waals surface area (Å²) in [5, 5.41) is 31.1. The molecule has 45 heavy (non-hydrogen) atoms. The second-order valence-corrected chi connectivity index (χ2v) is 12.7. The first kappa shape index (κ1) is 38.1. The molecule has 0 radical (unpaired) electrons.